The van der Waals surface area contributed by atoms with Crippen molar-refractivity contribution in [2.75, 3.05) is 25.1 Å². The van der Waals surface area contributed by atoms with Gasteiger partial charge in [-0.15, -0.1) is 0 Å². The van der Waals surface area contributed by atoms with Gasteiger partial charge < -0.3 is 48.5 Å². The lowest BCUT2D eigenvalue weighted by Crippen LogP contribution is -2.58. The number of carbonyl (C=O) groups is 7. The standard InChI is InChI=1S/C39H48N12O11S/c40-39(41)43-17-7-11-26-36(57)49-28(18-23-8-2-1-3-9-23)38(59)48-27(37(58)50-29(19-33(53)54)35(56)45-22-32(52)47-26)12-6-16-42-34(55)25-14-15-31(44-20-25)51-46-21-24-10-4-5-13-30(24)63(60,61)62/h1-5,8-10,13-15,20-21,26-29H,6-7,11-12,16-19,22H2,(H,42,55)(H,44,51)(H,45,56)(H,47,52)(H,48,59)(H,49,57)(H,50,58)(H,53,54)(H4,40,41,43)(H,60,61,62)/b46-21+/t26-,27+,28+,29+/m0/s1. The number of hydrazone groups is 1. The Morgan fingerprint density at radius 1 is 0.810 bits per heavy atom. The second-order valence-corrected chi connectivity index (χ2v) is 15.4. The van der Waals surface area contributed by atoms with Crippen molar-refractivity contribution in [3.63, 3.8) is 0 Å². The van der Waals surface area contributed by atoms with Gasteiger partial charge >= 0.3 is 5.97 Å². The summed E-state index contributed by atoms with van der Waals surface area (Å²) in [5, 5.41) is 28.5. The lowest BCUT2D eigenvalue weighted by atomic mass is 10.0. The highest BCUT2D eigenvalue weighted by atomic mass is 32.2. The third-order valence-electron chi connectivity index (χ3n) is 9.14. The smallest absolute Gasteiger partial charge is 0.305 e. The molecule has 6 amide bonds. The summed E-state index contributed by atoms with van der Waals surface area (Å²) < 4.78 is 32.6. The minimum Gasteiger partial charge on any atom is -0.481 e. The number of guanidine groups is 1. The number of carbonyl (C=O) groups excluding carboxylic acids is 6. The molecule has 4 rings (SSSR count). The number of benzene rings is 2. The van der Waals surface area contributed by atoms with Crippen LogP contribution in [0.15, 0.2) is 87.9 Å². The molecule has 0 saturated carbocycles. The topological polar surface area (TPSA) is 368 Å². The predicted molar refractivity (Wildman–Crippen MR) is 226 cm³/mol. The molecule has 0 bridgehead atoms. The average molecular weight is 893 g/mol. The number of pyridine rings is 1. The third-order valence-corrected chi connectivity index (χ3v) is 10.1. The van der Waals surface area contributed by atoms with Gasteiger partial charge in [-0.3, -0.25) is 48.5 Å². The molecule has 1 aliphatic rings. The SMILES string of the molecule is NC(N)=NCCC[C@@H]1NC(=O)CNC(=O)[C@@H](CC(=O)O)NC(=O)[C@@H](CCCNC(=O)c2ccc(N/N=C/c3ccccc3S(=O)(=O)O)nc2)NC(=O)[C@@H](Cc2ccccc2)NC1=O. The molecule has 0 radical (unpaired) electrons. The van der Waals surface area contributed by atoms with Crippen molar-refractivity contribution in [2.24, 2.45) is 21.6 Å². The molecule has 0 unspecified atom stereocenters. The molecule has 13 N–H and O–H groups in total. The Bertz CT molecular complexity index is 2290. The van der Waals surface area contributed by atoms with Crippen LogP contribution in [0.25, 0.3) is 0 Å². The highest BCUT2D eigenvalue weighted by Gasteiger charge is 2.33. The van der Waals surface area contributed by atoms with E-state index in [9.17, 15) is 51.6 Å². The number of carboxylic acid groups (broad SMARTS) is 1. The number of amides is 6. The number of rotatable bonds is 17. The van der Waals surface area contributed by atoms with Gasteiger partial charge in [-0.2, -0.15) is 13.5 Å². The normalized spacial score (nSPS) is 18.9. The molecule has 1 aromatic heterocycles. The number of nitrogens with one attached hydrogen (secondary N) is 7. The average Bonchev–Trinajstić information content (AvgIpc) is 3.24. The fourth-order valence-corrected chi connectivity index (χ4v) is 6.70. The molecule has 63 heavy (non-hydrogen) atoms. The van der Waals surface area contributed by atoms with Crippen molar-refractivity contribution in [3.8, 4) is 0 Å². The maximum atomic E-state index is 14.0. The van der Waals surface area contributed by atoms with Gasteiger partial charge in [0.15, 0.2) is 5.96 Å². The Balaban J connectivity index is 1.49. The summed E-state index contributed by atoms with van der Waals surface area (Å²) in [6, 6.07) is 11.5. The Morgan fingerprint density at radius 3 is 2.11 bits per heavy atom. The Labute approximate surface area is 361 Å². The quantitative estimate of drug-likeness (QED) is 0.0232. The first-order valence-electron chi connectivity index (χ1n) is 19.4. The molecule has 23 nitrogen and oxygen atoms in total. The molecule has 2 aromatic carbocycles. The van der Waals surface area contributed by atoms with Crippen LogP contribution in [0.5, 0.6) is 0 Å². The minimum absolute atomic E-state index is 0.0150. The van der Waals surface area contributed by atoms with Crippen LogP contribution >= 0.6 is 0 Å². The second kappa shape index (κ2) is 23.5. The van der Waals surface area contributed by atoms with Crippen LogP contribution in [0.4, 0.5) is 5.82 Å². The lowest BCUT2D eigenvalue weighted by Gasteiger charge is -2.26. The van der Waals surface area contributed by atoms with Crippen LogP contribution in [0, 0.1) is 0 Å². The molecule has 1 saturated heterocycles. The monoisotopic (exact) mass is 892 g/mol. The van der Waals surface area contributed by atoms with Crippen molar-refractivity contribution >= 4 is 69.5 Å². The van der Waals surface area contributed by atoms with Crippen LogP contribution in [-0.4, -0.2) is 120 Å². The summed E-state index contributed by atoms with van der Waals surface area (Å²) in [6.07, 6.45) is 1.64. The summed E-state index contributed by atoms with van der Waals surface area (Å²) >= 11 is 0. The largest absolute Gasteiger partial charge is 0.481 e. The predicted octanol–water partition coefficient (Wildman–Crippen LogP) is -1.88. The van der Waals surface area contributed by atoms with E-state index < -0.39 is 88.7 Å². The summed E-state index contributed by atoms with van der Waals surface area (Å²) in [5.74, 6) is -6.37. The number of carboxylic acids is 1. The summed E-state index contributed by atoms with van der Waals surface area (Å²) in [7, 11) is -4.49. The Hall–Kier alpha value is -7.47. The minimum atomic E-state index is -4.49. The highest BCUT2D eigenvalue weighted by molar-refractivity contribution is 7.86. The molecule has 1 fully saturated rings. The van der Waals surface area contributed by atoms with Gasteiger partial charge in [0.1, 0.15) is 34.9 Å². The van der Waals surface area contributed by atoms with Gasteiger partial charge in [0.25, 0.3) is 16.0 Å². The maximum Gasteiger partial charge on any atom is 0.305 e. The molecule has 2 heterocycles. The van der Waals surface area contributed by atoms with Crippen molar-refractivity contribution in [1.82, 2.24) is 36.9 Å². The van der Waals surface area contributed by atoms with E-state index in [0.29, 0.717) is 5.56 Å². The van der Waals surface area contributed by atoms with E-state index in [2.05, 4.69) is 52.4 Å². The van der Waals surface area contributed by atoms with Gasteiger partial charge in [-0.25, -0.2) is 4.98 Å². The number of anilines is 1. The molecule has 4 atom stereocenters. The van der Waals surface area contributed by atoms with Crippen LogP contribution < -0.4 is 48.8 Å². The van der Waals surface area contributed by atoms with E-state index in [0.717, 1.165) is 6.21 Å². The lowest BCUT2D eigenvalue weighted by molar-refractivity contribution is -0.141. The molecular weight excluding hydrogens is 845 g/mol. The fraction of sp³-hybridized carbons (Fsp3) is 0.333. The number of aliphatic imine (C=N–C) groups is 1. The Morgan fingerprint density at radius 2 is 1.44 bits per heavy atom. The first-order valence-corrected chi connectivity index (χ1v) is 20.8. The zero-order valence-electron chi connectivity index (χ0n) is 33.7. The number of aromatic nitrogens is 1. The highest BCUT2D eigenvalue weighted by Crippen LogP contribution is 2.14. The van der Waals surface area contributed by atoms with Crippen molar-refractivity contribution in [3.05, 3.63) is 89.6 Å². The molecular formula is C39H48N12O11S. The van der Waals surface area contributed by atoms with E-state index in [1.807, 2.05) is 0 Å². The van der Waals surface area contributed by atoms with Gasteiger partial charge in [0.2, 0.25) is 29.5 Å². The van der Waals surface area contributed by atoms with E-state index in [4.69, 9.17) is 11.5 Å². The zero-order chi connectivity index (χ0) is 45.9. The molecule has 24 heteroatoms. The summed E-state index contributed by atoms with van der Waals surface area (Å²) in [6.45, 7) is -0.611. The number of nitrogens with zero attached hydrogens (tertiary/aromatic N) is 3. The first-order chi connectivity index (χ1) is 30.0. The fourth-order valence-electron chi connectivity index (χ4n) is 6.03. The third kappa shape index (κ3) is 16.1. The number of hydrogen-bond donors (Lipinski definition) is 11. The Kier molecular flexibility index (Phi) is 18.0. The van der Waals surface area contributed by atoms with Gasteiger partial charge in [0.05, 0.1) is 24.7 Å². The van der Waals surface area contributed by atoms with Gasteiger partial charge in [0, 0.05) is 31.3 Å². The molecule has 3 aromatic rings. The van der Waals surface area contributed by atoms with Crippen LogP contribution in [0.1, 0.15) is 53.6 Å². The first kappa shape index (κ1) is 48.2. The maximum absolute atomic E-state index is 14.0. The van der Waals surface area contributed by atoms with E-state index >= 15 is 0 Å². The molecule has 0 aliphatic carbocycles. The van der Waals surface area contributed by atoms with E-state index in [-0.39, 0.29) is 73.0 Å². The molecule has 1 aliphatic heterocycles. The molecule has 336 valence electrons. The molecule has 0 spiro atoms. The van der Waals surface area contributed by atoms with Gasteiger partial charge in [-0.05, 0) is 49.4 Å². The van der Waals surface area contributed by atoms with Gasteiger partial charge in [-0.1, -0.05) is 48.5 Å². The van der Waals surface area contributed by atoms with Crippen molar-refractivity contribution in [2.45, 2.75) is 67.6 Å². The van der Waals surface area contributed by atoms with Crippen molar-refractivity contribution in [1.29, 1.82) is 0 Å². The van der Waals surface area contributed by atoms with Crippen molar-refractivity contribution < 1.29 is 51.6 Å². The summed E-state index contributed by atoms with van der Waals surface area (Å²) in [4.78, 5) is 99.8. The van der Waals surface area contributed by atoms with Crippen LogP contribution in [0.3, 0.4) is 0 Å². The number of hydrogen-bond acceptors (Lipinski definition) is 13. The zero-order valence-corrected chi connectivity index (χ0v) is 34.5. The van der Waals surface area contributed by atoms with E-state index in [1.165, 1.54) is 36.5 Å². The van der Waals surface area contributed by atoms with Crippen LogP contribution in [-0.2, 0) is 45.3 Å². The number of nitrogens with two attached hydrogens (primary N) is 2. The second-order valence-electron chi connectivity index (χ2n) is 14.0. The summed E-state index contributed by atoms with van der Waals surface area (Å²) in [5.41, 5.74) is 14.3. The number of aliphatic carboxylic acids is 1. The van der Waals surface area contributed by atoms with E-state index in [1.54, 1.807) is 36.4 Å². The van der Waals surface area contributed by atoms with Crippen LogP contribution in [0.2, 0.25) is 0 Å².